The van der Waals surface area contributed by atoms with Gasteiger partial charge in [-0.25, -0.2) is 4.79 Å². The van der Waals surface area contributed by atoms with Crippen molar-refractivity contribution in [2.75, 3.05) is 19.8 Å². The standard InChI is InChI=1S/C29H30O8/c1-4-33-21(30)16-17-36-26-20-15-11-10-14-19(20)22(28(31)34-5-2)27-23(26)24(29(32)35-6-3)25(37-27)18-12-8-7-9-13-18/h7-17,22,24-25,27H,4-6H2,1-3H3/b17-16+/t22-,24+,25+,27?/m0/s1. The summed E-state index contributed by atoms with van der Waals surface area (Å²) >= 11 is 0. The van der Waals surface area contributed by atoms with Crippen LogP contribution in [0.2, 0.25) is 0 Å². The van der Waals surface area contributed by atoms with Crippen LogP contribution in [0.3, 0.4) is 0 Å². The third-order valence-electron chi connectivity index (χ3n) is 6.23. The third kappa shape index (κ3) is 5.29. The summed E-state index contributed by atoms with van der Waals surface area (Å²) < 4.78 is 28.4. The predicted molar refractivity (Wildman–Crippen MR) is 134 cm³/mol. The molecule has 2 aliphatic rings. The Morgan fingerprint density at radius 3 is 2.08 bits per heavy atom. The highest BCUT2D eigenvalue weighted by molar-refractivity contribution is 5.90. The molecule has 1 saturated heterocycles. The number of hydrogen-bond acceptors (Lipinski definition) is 8. The van der Waals surface area contributed by atoms with Crippen molar-refractivity contribution in [3.63, 3.8) is 0 Å². The molecular weight excluding hydrogens is 476 g/mol. The highest BCUT2D eigenvalue weighted by Crippen LogP contribution is 2.54. The number of carbonyl (C=O) groups excluding carboxylic acids is 3. The topological polar surface area (TPSA) is 97.4 Å². The van der Waals surface area contributed by atoms with Crippen molar-refractivity contribution in [3.8, 4) is 0 Å². The van der Waals surface area contributed by atoms with Crippen LogP contribution in [0, 0.1) is 5.92 Å². The second-order valence-corrected chi connectivity index (χ2v) is 8.39. The molecule has 1 unspecified atom stereocenters. The van der Waals surface area contributed by atoms with Crippen molar-refractivity contribution < 1.29 is 38.1 Å². The molecule has 0 radical (unpaired) electrons. The van der Waals surface area contributed by atoms with Gasteiger partial charge in [0, 0.05) is 11.1 Å². The Hall–Kier alpha value is -3.91. The molecule has 1 fully saturated rings. The summed E-state index contributed by atoms with van der Waals surface area (Å²) in [5.74, 6) is -2.90. The van der Waals surface area contributed by atoms with E-state index in [-0.39, 0.29) is 19.8 Å². The number of fused-ring (bicyclic) bond motifs is 2. The van der Waals surface area contributed by atoms with Crippen molar-refractivity contribution in [1.29, 1.82) is 0 Å². The Morgan fingerprint density at radius 2 is 1.41 bits per heavy atom. The van der Waals surface area contributed by atoms with E-state index in [1.54, 1.807) is 26.8 Å². The van der Waals surface area contributed by atoms with Crippen LogP contribution in [0.5, 0.6) is 0 Å². The third-order valence-corrected chi connectivity index (χ3v) is 6.23. The molecular formula is C29H30O8. The maximum atomic E-state index is 13.4. The lowest BCUT2D eigenvalue weighted by Crippen LogP contribution is -2.34. The Balaban J connectivity index is 1.91. The Labute approximate surface area is 215 Å². The van der Waals surface area contributed by atoms with Crippen LogP contribution >= 0.6 is 0 Å². The zero-order chi connectivity index (χ0) is 26.4. The average Bonchev–Trinajstić information content (AvgIpc) is 3.29. The lowest BCUT2D eigenvalue weighted by Gasteiger charge is -2.31. The van der Waals surface area contributed by atoms with Crippen LogP contribution in [0.1, 0.15) is 49.5 Å². The first-order valence-corrected chi connectivity index (χ1v) is 12.4. The van der Waals surface area contributed by atoms with Crippen LogP contribution in [0.25, 0.3) is 5.76 Å². The van der Waals surface area contributed by atoms with Gasteiger partial charge >= 0.3 is 17.9 Å². The molecule has 0 N–H and O–H groups in total. The molecule has 8 nitrogen and oxygen atoms in total. The van der Waals surface area contributed by atoms with Gasteiger partial charge in [-0.05, 0) is 31.9 Å². The highest BCUT2D eigenvalue weighted by Gasteiger charge is 2.55. The molecule has 8 heteroatoms. The van der Waals surface area contributed by atoms with Gasteiger partial charge < -0.3 is 23.7 Å². The maximum Gasteiger partial charge on any atom is 0.333 e. The molecule has 2 aromatic carbocycles. The number of esters is 3. The molecule has 0 saturated carbocycles. The first kappa shape index (κ1) is 26.2. The minimum Gasteiger partial charge on any atom is -0.465 e. The van der Waals surface area contributed by atoms with E-state index in [1.165, 1.54) is 6.26 Å². The maximum absolute atomic E-state index is 13.4. The normalized spacial score (nSPS) is 22.2. The van der Waals surface area contributed by atoms with Gasteiger partial charge in [0.25, 0.3) is 0 Å². The molecule has 37 heavy (non-hydrogen) atoms. The van der Waals surface area contributed by atoms with E-state index in [4.69, 9.17) is 23.7 Å². The van der Waals surface area contributed by atoms with Crippen LogP contribution in [-0.2, 0) is 38.1 Å². The molecule has 0 bridgehead atoms. The van der Waals surface area contributed by atoms with Crippen molar-refractivity contribution in [3.05, 3.63) is 89.2 Å². The molecule has 194 valence electrons. The minimum absolute atomic E-state index is 0.172. The van der Waals surface area contributed by atoms with E-state index in [9.17, 15) is 14.4 Å². The Kier molecular flexibility index (Phi) is 8.40. The van der Waals surface area contributed by atoms with E-state index >= 15 is 0 Å². The van der Waals surface area contributed by atoms with Crippen molar-refractivity contribution in [1.82, 2.24) is 0 Å². The molecule has 0 spiro atoms. The van der Waals surface area contributed by atoms with E-state index in [1.807, 2.05) is 48.5 Å². The van der Waals surface area contributed by atoms with Crippen molar-refractivity contribution in [2.24, 2.45) is 5.92 Å². The predicted octanol–water partition coefficient (Wildman–Crippen LogP) is 4.47. The van der Waals surface area contributed by atoms with Gasteiger partial charge in [-0.2, -0.15) is 0 Å². The minimum atomic E-state index is -0.886. The summed E-state index contributed by atoms with van der Waals surface area (Å²) in [5, 5.41) is 0. The zero-order valence-corrected chi connectivity index (χ0v) is 21.0. The number of rotatable bonds is 9. The molecule has 4 atom stereocenters. The quantitative estimate of drug-likeness (QED) is 0.213. The van der Waals surface area contributed by atoms with Crippen LogP contribution in [0.4, 0.5) is 0 Å². The zero-order valence-electron chi connectivity index (χ0n) is 21.0. The molecule has 0 aromatic heterocycles. The summed E-state index contributed by atoms with van der Waals surface area (Å²) in [6, 6.07) is 16.5. The first-order chi connectivity index (χ1) is 18.0. The average molecular weight is 507 g/mol. The van der Waals surface area contributed by atoms with Gasteiger partial charge in [-0.1, -0.05) is 54.6 Å². The second kappa shape index (κ2) is 11.9. The van der Waals surface area contributed by atoms with Crippen LogP contribution < -0.4 is 0 Å². The SMILES string of the molecule is CCOC(=O)/C=C/OC1=C2C(O[C@H](c3ccccc3)[C@@H]2C(=O)OCC)[C@@H](C(=O)OCC)c2ccccc21. The van der Waals surface area contributed by atoms with E-state index < -0.39 is 42.0 Å². The number of carbonyl (C=O) groups is 3. The molecule has 0 amide bonds. The van der Waals surface area contributed by atoms with Crippen LogP contribution in [-0.4, -0.2) is 43.8 Å². The molecule has 4 rings (SSSR count). The smallest absolute Gasteiger partial charge is 0.333 e. The van der Waals surface area contributed by atoms with Gasteiger partial charge in [-0.3, -0.25) is 9.59 Å². The van der Waals surface area contributed by atoms with E-state index in [2.05, 4.69) is 0 Å². The summed E-state index contributed by atoms with van der Waals surface area (Å²) in [6.07, 6.45) is 0.811. The number of benzene rings is 2. The van der Waals surface area contributed by atoms with E-state index in [0.717, 1.165) is 11.6 Å². The Bertz CT molecular complexity index is 1200. The number of ether oxygens (including phenoxy) is 5. The molecule has 1 heterocycles. The monoisotopic (exact) mass is 506 g/mol. The fourth-order valence-corrected chi connectivity index (χ4v) is 4.83. The van der Waals surface area contributed by atoms with E-state index in [0.29, 0.717) is 22.5 Å². The fraction of sp³-hybridized carbons (Fsp3) is 0.345. The summed E-state index contributed by atoms with van der Waals surface area (Å²) in [6.45, 7) is 5.76. The largest absolute Gasteiger partial charge is 0.465 e. The second-order valence-electron chi connectivity index (χ2n) is 8.39. The summed E-state index contributed by atoms with van der Waals surface area (Å²) in [7, 11) is 0. The highest BCUT2D eigenvalue weighted by atomic mass is 16.6. The van der Waals surface area contributed by atoms with Gasteiger partial charge in [0.15, 0.2) is 0 Å². The Morgan fingerprint density at radius 1 is 0.784 bits per heavy atom. The van der Waals surface area contributed by atoms with Gasteiger partial charge in [0.05, 0.1) is 32.2 Å². The molecule has 2 aromatic rings. The molecule has 1 aliphatic heterocycles. The summed E-state index contributed by atoms with van der Waals surface area (Å²) in [5.41, 5.74) is 2.48. The van der Waals surface area contributed by atoms with Gasteiger partial charge in [-0.15, -0.1) is 0 Å². The number of hydrogen-bond donors (Lipinski definition) is 0. The van der Waals surface area contributed by atoms with Crippen molar-refractivity contribution in [2.45, 2.75) is 38.9 Å². The lowest BCUT2D eigenvalue weighted by atomic mass is 9.76. The molecule has 1 aliphatic carbocycles. The van der Waals surface area contributed by atoms with Crippen LogP contribution in [0.15, 0.2) is 72.5 Å². The van der Waals surface area contributed by atoms with Gasteiger partial charge in [0.1, 0.15) is 29.8 Å². The van der Waals surface area contributed by atoms with Crippen molar-refractivity contribution >= 4 is 23.7 Å². The van der Waals surface area contributed by atoms with Gasteiger partial charge in [0.2, 0.25) is 0 Å². The summed E-state index contributed by atoms with van der Waals surface area (Å²) in [4.78, 5) is 38.6. The lowest BCUT2D eigenvalue weighted by molar-refractivity contribution is -0.150. The first-order valence-electron chi connectivity index (χ1n) is 12.4. The fourth-order valence-electron chi connectivity index (χ4n) is 4.83.